The predicted molar refractivity (Wildman–Crippen MR) is 66.3 cm³/mol. The van der Waals surface area contributed by atoms with E-state index in [0.717, 1.165) is 29.6 Å². The van der Waals surface area contributed by atoms with Crippen molar-refractivity contribution >= 4 is 28.2 Å². The smallest absolute Gasteiger partial charge is 0.185 e. The number of nitrogens with two attached hydrogens (primary N) is 1. The van der Waals surface area contributed by atoms with Gasteiger partial charge in [-0.15, -0.1) is 11.3 Å². The number of thioether (sulfide) groups is 1. The normalized spacial score (nSPS) is 10.5. The van der Waals surface area contributed by atoms with E-state index in [1.54, 1.807) is 11.3 Å². The largest absolute Gasteiger partial charge is 0.354 e. The minimum absolute atomic E-state index is 0.785. The Kier molecular flexibility index (Phi) is 5.29. The van der Waals surface area contributed by atoms with E-state index < -0.39 is 0 Å². The lowest BCUT2D eigenvalue weighted by Gasteiger charge is -2.05. The van der Waals surface area contributed by atoms with Gasteiger partial charge in [0.1, 0.15) is 0 Å². The second-order valence-corrected chi connectivity index (χ2v) is 5.15. The van der Waals surface area contributed by atoms with Crippen LogP contribution in [0.2, 0.25) is 0 Å². The summed E-state index contributed by atoms with van der Waals surface area (Å²) < 4.78 is 0. The molecule has 0 aliphatic carbocycles. The fourth-order valence-electron chi connectivity index (χ4n) is 0.930. The number of hydrogen-bond donors (Lipinski definition) is 1. The van der Waals surface area contributed by atoms with Crippen molar-refractivity contribution in [2.75, 3.05) is 31.3 Å². The predicted octanol–water partition coefficient (Wildman–Crippen LogP) is 1.79. The molecule has 1 rings (SSSR count). The lowest BCUT2D eigenvalue weighted by Crippen LogP contribution is -2.07. The molecule has 0 bridgehead atoms. The number of anilines is 1. The Hall–Kier alpha value is -0.260. The van der Waals surface area contributed by atoms with E-state index in [4.69, 9.17) is 5.73 Å². The molecule has 0 saturated carbocycles. The van der Waals surface area contributed by atoms with E-state index in [0.29, 0.717) is 0 Å². The number of thiazole rings is 1. The summed E-state index contributed by atoms with van der Waals surface area (Å²) >= 11 is 3.60. The molecule has 0 amide bonds. The van der Waals surface area contributed by atoms with Crippen LogP contribution in [-0.4, -0.2) is 31.4 Å². The molecule has 0 radical (unpaired) electrons. The van der Waals surface area contributed by atoms with Gasteiger partial charge in [0.25, 0.3) is 0 Å². The second kappa shape index (κ2) is 6.27. The summed E-state index contributed by atoms with van der Waals surface area (Å²) in [4.78, 5) is 6.54. The molecule has 0 unspecified atom stereocenters. The average molecular weight is 231 g/mol. The van der Waals surface area contributed by atoms with E-state index in [9.17, 15) is 0 Å². The zero-order valence-electron chi connectivity index (χ0n) is 8.69. The summed E-state index contributed by atoms with van der Waals surface area (Å²) in [6.45, 7) is 0.785. The van der Waals surface area contributed by atoms with Crippen molar-refractivity contribution in [3.8, 4) is 0 Å². The third-order valence-electron chi connectivity index (χ3n) is 1.66. The van der Waals surface area contributed by atoms with Crippen LogP contribution in [0, 0.1) is 0 Å². The zero-order valence-corrected chi connectivity index (χ0v) is 10.3. The summed E-state index contributed by atoms with van der Waals surface area (Å²) in [5.41, 5.74) is 6.60. The van der Waals surface area contributed by atoms with Gasteiger partial charge in [0.05, 0.1) is 5.69 Å². The molecule has 0 saturated heterocycles. The van der Waals surface area contributed by atoms with Crippen LogP contribution >= 0.6 is 23.1 Å². The van der Waals surface area contributed by atoms with Gasteiger partial charge in [-0.25, -0.2) is 4.98 Å². The highest BCUT2D eigenvalue weighted by Gasteiger charge is 2.02. The maximum absolute atomic E-state index is 5.42. The highest BCUT2D eigenvalue weighted by atomic mass is 32.2. The molecule has 2 N–H and O–H groups in total. The fourth-order valence-corrected chi connectivity index (χ4v) is 2.67. The molecule has 0 aliphatic heterocycles. The quantitative estimate of drug-likeness (QED) is 0.758. The molecule has 0 spiro atoms. The van der Waals surface area contributed by atoms with Crippen LogP contribution in [0.3, 0.4) is 0 Å². The Morgan fingerprint density at radius 3 is 2.93 bits per heavy atom. The number of rotatable bonds is 6. The third kappa shape index (κ3) is 3.86. The zero-order chi connectivity index (χ0) is 10.4. The molecule has 3 nitrogen and oxygen atoms in total. The lowest BCUT2D eigenvalue weighted by molar-refractivity contribution is 0.942. The van der Waals surface area contributed by atoms with Crippen molar-refractivity contribution in [3.05, 3.63) is 11.1 Å². The van der Waals surface area contributed by atoms with Gasteiger partial charge in [-0.1, -0.05) is 0 Å². The van der Waals surface area contributed by atoms with Crippen LogP contribution in [0.5, 0.6) is 0 Å². The molecule has 0 fully saturated rings. The van der Waals surface area contributed by atoms with Crippen molar-refractivity contribution in [2.45, 2.75) is 12.2 Å². The van der Waals surface area contributed by atoms with Crippen LogP contribution in [0.4, 0.5) is 5.13 Å². The number of aromatic nitrogens is 1. The maximum atomic E-state index is 5.42. The van der Waals surface area contributed by atoms with Gasteiger partial charge in [-0.2, -0.15) is 11.8 Å². The first-order valence-corrected chi connectivity index (χ1v) is 6.67. The molecular weight excluding hydrogens is 214 g/mol. The van der Waals surface area contributed by atoms with Gasteiger partial charge in [-0.05, 0) is 18.7 Å². The average Bonchev–Trinajstić information content (AvgIpc) is 2.61. The number of hydrogen-bond acceptors (Lipinski definition) is 5. The third-order valence-corrected chi connectivity index (χ3v) is 3.80. The summed E-state index contributed by atoms with van der Waals surface area (Å²) in [7, 11) is 4.04. The van der Waals surface area contributed by atoms with E-state index in [-0.39, 0.29) is 0 Å². The Morgan fingerprint density at radius 1 is 1.57 bits per heavy atom. The van der Waals surface area contributed by atoms with Gasteiger partial charge < -0.3 is 10.6 Å². The fraction of sp³-hybridized carbons (Fsp3) is 0.667. The lowest BCUT2D eigenvalue weighted by atomic mass is 10.5. The van der Waals surface area contributed by atoms with E-state index in [1.165, 1.54) is 5.69 Å². The van der Waals surface area contributed by atoms with Gasteiger partial charge in [-0.3, -0.25) is 0 Å². The molecule has 0 atom stereocenters. The summed E-state index contributed by atoms with van der Waals surface area (Å²) in [5.74, 6) is 2.13. The molecule has 1 aromatic rings. The molecular formula is C9H17N3S2. The van der Waals surface area contributed by atoms with E-state index in [2.05, 4.69) is 10.4 Å². The van der Waals surface area contributed by atoms with Crippen LogP contribution in [-0.2, 0) is 5.75 Å². The van der Waals surface area contributed by atoms with Gasteiger partial charge in [0, 0.05) is 25.2 Å². The molecule has 1 aromatic heterocycles. The molecule has 5 heteroatoms. The monoisotopic (exact) mass is 231 g/mol. The maximum Gasteiger partial charge on any atom is 0.185 e. The van der Waals surface area contributed by atoms with Crippen molar-refractivity contribution in [1.29, 1.82) is 0 Å². The Balaban J connectivity index is 2.29. The molecule has 1 heterocycles. The summed E-state index contributed by atoms with van der Waals surface area (Å²) in [6.07, 6.45) is 1.09. The van der Waals surface area contributed by atoms with Crippen LogP contribution < -0.4 is 10.6 Å². The first-order valence-electron chi connectivity index (χ1n) is 4.63. The van der Waals surface area contributed by atoms with Crippen LogP contribution in [0.25, 0.3) is 0 Å². The standard InChI is InChI=1S/C9H17N3S2/c1-12(2)9-11-8(7-14-9)6-13-5-3-4-10/h7H,3-6,10H2,1-2H3. The highest BCUT2D eigenvalue weighted by Crippen LogP contribution is 2.21. The van der Waals surface area contributed by atoms with Crippen LogP contribution in [0.15, 0.2) is 5.38 Å². The minimum atomic E-state index is 0.785. The Labute approximate surface area is 93.7 Å². The Bertz CT molecular complexity index is 260. The molecule has 80 valence electrons. The highest BCUT2D eigenvalue weighted by molar-refractivity contribution is 7.98. The van der Waals surface area contributed by atoms with E-state index in [1.807, 2.05) is 30.8 Å². The Morgan fingerprint density at radius 2 is 2.36 bits per heavy atom. The topological polar surface area (TPSA) is 42.2 Å². The number of nitrogens with zero attached hydrogens (tertiary/aromatic N) is 2. The van der Waals surface area contributed by atoms with Crippen molar-refractivity contribution in [3.63, 3.8) is 0 Å². The summed E-state index contributed by atoms with van der Waals surface area (Å²) in [5, 5.41) is 3.21. The van der Waals surface area contributed by atoms with Crippen LogP contribution in [0.1, 0.15) is 12.1 Å². The first kappa shape index (κ1) is 11.8. The SMILES string of the molecule is CN(C)c1nc(CSCCCN)cs1. The minimum Gasteiger partial charge on any atom is -0.354 e. The molecule has 0 aliphatic rings. The van der Waals surface area contributed by atoms with Crippen molar-refractivity contribution < 1.29 is 0 Å². The molecule has 0 aromatic carbocycles. The van der Waals surface area contributed by atoms with Crippen molar-refractivity contribution in [1.82, 2.24) is 4.98 Å². The van der Waals surface area contributed by atoms with Gasteiger partial charge in [0.15, 0.2) is 5.13 Å². The second-order valence-electron chi connectivity index (χ2n) is 3.21. The van der Waals surface area contributed by atoms with Crippen molar-refractivity contribution in [2.24, 2.45) is 5.73 Å². The van der Waals surface area contributed by atoms with Gasteiger partial charge >= 0.3 is 0 Å². The van der Waals surface area contributed by atoms with Gasteiger partial charge in [0.2, 0.25) is 0 Å². The molecule has 14 heavy (non-hydrogen) atoms. The van der Waals surface area contributed by atoms with E-state index >= 15 is 0 Å². The first-order chi connectivity index (χ1) is 6.74. The summed E-state index contributed by atoms with van der Waals surface area (Å²) in [6, 6.07) is 0.